The molecule has 0 bridgehead atoms. The average Bonchev–Trinajstić information content (AvgIpc) is 2.77. The molecule has 1 unspecified atom stereocenters. The van der Waals surface area contributed by atoms with Gasteiger partial charge in [0.15, 0.2) is 12.0 Å². The van der Waals surface area contributed by atoms with Crippen molar-refractivity contribution < 1.29 is 14.6 Å². The lowest BCUT2D eigenvalue weighted by molar-refractivity contribution is -0.137. The molecule has 2 rings (SSSR count). The molecule has 1 aromatic heterocycles. The lowest BCUT2D eigenvalue weighted by Crippen LogP contribution is -2.30. The number of aromatic nitrogens is 2. The van der Waals surface area contributed by atoms with E-state index in [4.69, 9.17) is 9.84 Å². The molecule has 0 radical (unpaired) electrons. The van der Waals surface area contributed by atoms with E-state index in [0.717, 1.165) is 19.4 Å². The number of ether oxygens (including phenoxy) is 1. The maximum Gasteiger partial charge on any atom is 0.325 e. The molecule has 2 heterocycles. The molecule has 88 valence electrons. The number of carboxylic acids is 1. The van der Waals surface area contributed by atoms with Crippen LogP contribution in [0.1, 0.15) is 12.8 Å². The van der Waals surface area contributed by atoms with Crippen LogP contribution in [0.2, 0.25) is 0 Å². The van der Waals surface area contributed by atoms with Crippen molar-refractivity contribution in [2.75, 3.05) is 13.6 Å². The van der Waals surface area contributed by atoms with Crippen molar-refractivity contribution in [2.45, 2.75) is 25.6 Å². The smallest absolute Gasteiger partial charge is 0.325 e. The summed E-state index contributed by atoms with van der Waals surface area (Å²) in [5.41, 5.74) is 0. The fourth-order valence-electron chi connectivity index (χ4n) is 1.82. The Bertz CT molecular complexity index is 377. The van der Waals surface area contributed by atoms with Crippen LogP contribution in [0.3, 0.4) is 0 Å². The maximum atomic E-state index is 10.5. The minimum Gasteiger partial charge on any atom is -0.480 e. The first-order valence-corrected chi connectivity index (χ1v) is 5.26. The van der Waals surface area contributed by atoms with Crippen molar-refractivity contribution in [3.8, 4) is 5.75 Å². The van der Waals surface area contributed by atoms with Crippen LogP contribution in [0, 0.1) is 0 Å². The second-order valence-electron chi connectivity index (χ2n) is 3.96. The number of likely N-dealkylation sites (tertiary alicyclic amines) is 1. The van der Waals surface area contributed by atoms with Gasteiger partial charge in [-0.15, -0.1) is 0 Å². The van der Waals surface area contributed by atoms with Crippen LogP contribution in [0.15, 0.2) is 12.4 Å². The van der Waals surface area contributed by atoms with Crippen LogP contribution >= 0.6 is 0 Å². The quantitative estimate of drug-likeness (QED) is 0.803. The molecule has 1 saturated heterocycles. The fraction of sp³-hybridized carbons (Fsp3) is 0.600. The summed E-state index contributed by atoms with van der Waals surface area (Å²) in [5.74, 6) is -0.285. The Kier molecular flexibility index (Phi) is 3.09. The number of aliphatic carboxylic acids is 1. The van der Waals surface area contributed by atoms with E-state index in [0.29, 0.717) is 5.75 Å². The lowest BCUT2D eigenvalue weighted by atomic mass is 10.4. The zero-order valence-corrected chi connectivity index (χ0v) is 9.17. The van der Waals surface area contributed by atoms with Crippen LogP contribution in [0.25, 0.3) is 0 Å². The van der Waals surface area contributed by atoms with Gasteiger partial charge in [0, 0.05) is 6.54 Å². The molecule has 6 heteroatoms. The van der Waals surface area contributed by atoms with E-state index in [1.54, 1.807) is 12.4 Å². The predicted octanol–water partition coefficient (Wildman–Crippen LogP) is 0.398. The van der Waals surface area contributed by atoms with Gasteiger partial charge in [-0.3, -0.25) is 14.4 Å². The molecular formula is C10H15N3O3. The number of nitrogens with zero attached hydrogens (tertiary/aromatic N) is 3. The van der Waals surface area contributed by atoms with E-state index in [1.165, 1.54) is 4.68 Å². The highest BCUT2D eigenvalue weighted by Gasteiger charge is 2.22. The highest BCUT2D eigenvalue weighted by molar-refractivity contribution is 5.66. The van der Waals surface area contributed by atoms with Gasteiger partial charge in [0.2, 0.25) is 0 Å². The number of rotatable bonds is 4. The van der Waals surface area contributed by atoms with Crippen molar-refractivity contribution >= 4 is 5.97 Å². The molecule has 0 saturated carbocycles. The highest BCUT2D eigenvalue weighted by Crippen LogP contribution is 2.19. The van der Waals surface area contributed by atoms with E-state index in [1.807, 2.05) is 7.05 Å². The fourth-order valence-corrected chi connectivity index (χ4v) is 1.82. The van der Waals surface area contributed by atoms with E-state index in [2.05, 4.69) is 10.00 Å². The third-order valence-electron chi connectivity index (χ3n) is 2.63. The first-order valence-electron chi connectivity index (χ1n) is 5.26. The van der Waals surface area contributed by atoms with Crippen LogP contribution in [-0.2, 0) is 11.3 Å². The normalized spacial score (nSPS) is 21.2. The van der Waals surface area contributed by atoms with Crippen molar-refractivity contribution in [1.29, 1.82) is 0 Å². The Morgan fingerprint density at radius 1 is 1.75 bits per heavy atom. The molecule has 0 spiro atoms. The summed E-state index contributed by atoms with van der Waals surface area (Å²) >= 11 is 0. The van der Waals surface area contributed by atoms with Gasteiger partial charge in [-0.05, 0) is 19.9 Å². The summed E-state index contributed by atoms with van der Waals surface area (Å²) in [6.45, 7) is 0.901. The van der Waals surface area contributed by atoms with Crippen molar-refractivity contribution in [2.24, 2.45) is 0 Å². The third-order valence-corrected chi connectivity index (χ3v) is 2.63. The molecule has 1 fully saturated rings. The topological polar surface area (TPSA) is 67.6 Å². The minimum absolute atomic E-state index is 0.0856. The number of carbonyl (C=O) groups is 1. The van der Waals surface area contributed by atoms with Crippen LogP contribution in [0.5, 0.6) is 5.75 Å². The second kappa shape index (κ2) is 4.52. The minimum atomic E-state index is -0.910. The third kappa shape index (κ3) is 2.52. The molecule has 0 aliphatic carbocycles. The maximum absolute atomic E-state index is 10.5. The van der Waals surface area contributed by atoms with Gasteiger partial charge in [0.1, 0.15) is 6.54 Å². The van der Waals surface area contributed by atoms with Gasteiger partial charge >= 0.3 is 5.97 Å². The zero-order chi connectivity index (χ0) is 11.5. The van der Waals surface area contributed by atoms with E-state index in [9.17, 15) is 4.79 Å². The number of carboxylic acid groups (broad SMARTS) is 1. The summed E-state index contributed by atoms with van der Waals surface area (Å²) in [7, 11) is 2.01. The van der Waals surface area contributed by atoms with Gasteiger partial charge in [0.25, 0.3) is 0 Å². The summed E-state index contributed by atoms with van der Waals surface area (Å²) in [6.07, 6.45) is 5.38. The zero-order valence-electron chi connectivity index (χ0n) is 9.17. The van der Waals surface area contributed by atoms with Crippen molar-refractivity contribution in [1.82, 2.24) is 14.7 Å². The highest BCUT2D eigenvalue weighted by atomic mass is 16.5. The van der Waals surface area contributed by atoms with Crippen molar-refractivity contribution in [3.05, 3.63) is 12.4 Å². The molecule has 1 atom stereocenters. The summed E-state index contributed by atoms with van der Waals surface area (Å²) in [5, 5.41) is 12.5. The first-order chi connectivity index (χ1) is 7.65. The molecular weight excluding hydrogens is 210 g/mol. The Labute approximate surface area is 93.4 Å². The molecule has 6 nitrogen and oxygen atoms in total. The SMILES string of the molecule is CN1CCCC1Oc1cnn(CC(=O)O)c1. The van der Waals surface area contributed by atoms with Gasteiger partial charge in [-0.1, -0.05) is 0 Å². The molecule has 1 aliphatic heterocycles. The molecule has 1 N–H and O–H groups in total. The van der Waals surface area contributed by atoms with E-state index in [-0.39, 0.29) is 12.8 Å². The Morgan fingerprint density at radius 2 is 2.56 bits per heavy atom. The largest absolute Gasteiger partial charge is 0.480 e. The van der Waals surface area contributed by atoms with Crippen LogP contribution in [0.4, 0.5) is 0 Å². The van der Waals surface area contributed by atoms with Crippen LogP contribution in [-0.4, -0.2) is 45.6 Å². The standard InChI is InChI=1S/C10H15N3O3/c1-12-4-2-3-9(12)16-8-5-11-13(6-8)7-10(14)15/h5-6,9H,2-4,7H2,1H3,(H,14,15). The average molecular weight is 225 g/mol. The molecule has 0 aromatic carbocycles. The predicted molar refractivity (Wildman–Crippen MR) is 56.1 cm³/mol. The Morgan fingerprint density at radius 3 is 3.19 bits per heavy atom. The first kappa shape index (κ1) is 10.9. The summed E-state index contributed by atoms with van der Waals surface area (Å²) in [6, 6.07) is 0. The van der Waals surface area contributed by atoms with Gasteiger partial charge in [-0.2, -0.15) is 5.10 Å². The molecule has 16 heavy (non-hydrogen) atoms. The lowest BCUT2D eigenvalue weighted by Gasteiger charge is -2.19. The monoisotopic (exact) mass is 225 g/mol. The van der Waals surface area contributed by atoms with E-state index < -0.39 is 5.97 Å². The molecule has 0 amide bonds. The van der Waals surface area contributed by atoms with Gasteiger partial charge in [0.05, 0.1) is 12.4 Å². The van der Waals surface area contributed by atoms with Crippen molar-refractivity contribution in [3.63, 3.8) is 0 Å². The molecule has 1 aliphatic rings. The van der Waals surface area contributed by atoms with Crippen LogP contribution < -0.4 is 4.74 Å². The van der Waals surface area contributed by atoms with Gasteiger partial charge in [-0.25, -0.2) is 0 Å². The van der Waals surface area contributed by atoms with E-state index >= 15 is 0 Å². The molecule has 1 aromatic rings. The van der Waals surface area contributed by atoms with Gasteiger partial charge < -0.3 is 9.84 Å². The second-order valence-corrected chi connectivity index (χ2v) is 3.96. The number of hydrogen-bond acceptors (Lipinski definition) is 4. The Hall–Kier alpha value is -1.56. The number of hydrogen-bond donors (Lipinski definition) is 1. The Balaban J connectivity index is 1.94. The summed E-state index contributed by atoms with van der Waals surface area (Å²) < 4.78 is 7.05. The summed E-state index contributed by atoms with van der Waals surface area (Å²) in [4.78, 5) is 12.6.